The lowest BCUT2D eigenvalue weighted by Crippen LogP contribution is -2.05. The molecule has 0 fully saturated rings. The summed E-state index contributed by atoms with van der Waals surface area (Å²) in [6.07, 6.45) is 0. The van der Waals surface area contributed by atoms with Crippen molar-refractivity contribution in [3.05, 3.63) is 22.7 Å². The highest BCUT2D eigenvalue weighted by Gasteiger charge is 2.08. The van der Waals surface area contributed by atoms with Crippen LogP contribution in [0.1, 0.15) is 43.9 Å². The standard InChI is InChI=1S/C7H7ClN2O2.2C2H6/c1-4-3-5(6(11)12-2)10-7(8)9-4;2*1-2/h3H,1-2H3;2*1-2H3. The fraction of sp³-hybridized carbons (Fsp3) is 0.545. The highest BCUT2D eigenvalue weighted by molar-refractivity contribution is 6.28. The molecule has 0 N–H and O–H groups in total. The van der Waals surface area contributed by atoms with Crippen LogP contribution in [0.15, 0.2) is 6.07 Å². The Hall–Kier alpha value is -1.16. The Morgan fingerprint density at radius 3 is 2.12 bits per heavy atom. The largest absolute Gasteiger partial charge is 0.464 e. The first-order chi connectivity index (χ1) is 7.63. The summed E-state index contributed by atoms with van der Waals surface area (Å²) in [7, 11) is 1.29. The Kier molecular flexibility index (Phi) is 11.2. The second-order valence-electron chi connectivity index (χ2n) is 2.16. The summed E-state index contributed by atoms with van der Waals surface area (Å²) in [5.41, 5.74) is 0.811. The first kappa shape index (κ1) is 17.2. The lowest BCUT2D eigenvalue weighted by molar-refractivity contribution is 0.0593. The highest BCUT2D eigenvalue weighted by Crippen LogP contribution is 2.05. The number of aromatic nitrogens is 2. The molecular weight excluding hydrogens is 228 g/mol. The first-order valence-corrected chi connectivity index (χ1v) is 5.61. The number of aryl methyl sites for hydroxylation is 1. The van der Waals surface area contributed by atoms with Crippen LogP contribution in [0.5, 0.6) is 0 Å². The molecule has 0 aliphatic rings. The maximum Gasteiger partial charge on any atom is 0.356 e. The van der Waals surface area contributed by atoms with E-state index in [0.29, 0.717) is 5.69 Å². The maximum atomic E-state index is 10.9. The van der Waals surface area contributed by atoms with E-state index in [9.17, 15) is 4.79 Å². The molecule has 0 aliphatic carbocycles. The van der Waals surface area contributed by atoms with Crippen LogP contribution in [-0.2, 0) is 4.74 Å². The van der Waals surface area contributed by atoms with Gasteiger partial charge in [0.15, 0.2) is 5.69 Å². The third-order valence-electron chi connectivity index (χ3n) is 1.22. The molecule has 0 aromatic carbocycles. The fourth-order valence-corrected chi connectivity index (χ4v) is 0.966. The van der Waals surface area contributed by atoms with Gasteiger partial charge in [-0.05, 0) is 24.6 Å². The fourth-order valence-electron chi connectivity index (χ4n) is 0.741. The van der Waals surface area contributed by atoms with E-state index < -0.39 is 5.97 Å². The number of nitrogens with zero attached hydrogens (tertiary/aromatic N) is 2. The van der Waals surface area contributed by atoms with Crippen LogP contribution >= 0.6 is 11.6 Å². The zero-order chi connectivity index (χ0) is 13.1. The molecule has 0 amide bonds. The molecule has 0 saturated carbocycles. The molecule has 4 nitrogen and oxygen atoms in total. The number of ether oxygens (including phenoxy) is 1. The summed E-state index contributed by atoms with van der Waals surface area (Å²) in [6.45, 7) is 9.72. The SMILES string of the molecule is CC.CC.COC(=O)c1cc(C)nc(Cl)n1. The van der Waals surface area contributed by atoms with Crippen molar-refractivity contribution in [2.24, 2.45) is 0 Å². The summed E-state index contributed by atoms with van der Waals surface area (Å²) in [6, 6.07) is 1.51. The molecule has 0 saturated heterocycles. The smallest absolute Gasteiger partial charge is 0.356 e. The number of methoxy groups -OCH3 is 1. The third kappa shape index (κ3) is 6.35. The number of carbonyl (C=O) groups excluding carboxylic acids is 1. The Bertz CT molecular complexity index is 297. The van der Waals surface area contributed by atoms with E-state index in [1.165, 1.54) is 13.2 Å². The van der Waals surface area contributed by atoms with Crippen LogP contribution < -0.4 is 0 Å². The molecule has 1 heterocycles. The average Bonchev–Trinajstić information content (AvgIpc) is 2.32. The molecule has 1 aromatic heterocycles. The van der Waals surface area contributed by atoms with Crippen molar-refractivity contribution in [1.29, 1.82) is 0 Å². The van der Waals surface area contributed by atoms with Gasteiger partial charge in [-0.25, -0.2) is 14.8 Å². The van der Waals surface area contributed by atoms with Crippen molar-refractivity contribution < 1.29 is 9.53 Å². The Morgan fingerprint density at radius 2 is 1.75 bits per heavy atom. The monoisotopic (exact) mass is 246 g/mol. The van der Waals surface area contributed by atoms with E-state index in [4.69, 9.17) is 11.6 Å². The van der Waals surface area contributed by atoms with Crippen LogP contribution in [0.2, 0.25) is 5.28 Å². The zero-order valence-electron chi connectivity index (χ0n) is 10.7. The van der Waals surface area contributed by atoms with Crippen molar-refractivity contribution in [2.75, 3.05) is 7.11 Å². The third-order valence-corrected chi connectivity index (χ3v) is 1.39. The number of rotatable bonds is 1. The Labute approximate surface area is 102 Å². The van der Waals surface area contributed by atoms with Gasteiger partial charge in [0, 0.05) is 5.69 Å². The molecule has 5 heteroatoms. The van der Waals surface area contributed by atoms with Crippen LogP contribution in [0.4, 0.5) is 0 Å². The highest BCUT2D eigenvalue weighted by atomic mass is 35.5. The van der Waals surface area contributed by atoms with Gasteiger partial charge in [-0.3, -0.25) is 0 Å². The van der Waals surface area contributed by atoms with Crippen LogP contribution in [0.25, 0.3) is 0 Å². The predicted octanol–water partition coefficient (Wildman–Crippen LogP) is 3.28. The molecule has 1 rings (SSSR count). The number of esters is 1. The van der Waals surface area contributed by atoms with Gasteiger partial charge < -0.3 is 4.74 Å². The molecular formula is C11H19ClN2O2. The number of hydrogen-bond acceptors (Lipinski definition) is 4. The van der Waals surface area contributed by atoms with Crippen molar-refractivity contribution in [2.45, 2.75) is 34.6 Å². The molecule has 1 aromatic rings. The minimum absolute atomic E-state index is 0.0513. The van der Waals surface area contributed by atoms with Crippen LogP contribution in [0.3, 0.4) is 0 Å². The lowest BCUT2D eigenvalue weighted by Gasteiger charge is -1.99. The van der Waals surface area contributed by atoms with Gasteiger partial charge in [-0.15, -0.1) is 0 Å². The summed E-state index contributed by atoms with van der Waals surface area (Å²) in [5, 5.41) is 0.0513. The van der Waals surface area contributed by atoms with Gasteiger partial charge in [0.25, 0.3) is 0 Å². The minimum atomic E-state index is -0.512. The van der Waals surface area contributed by atoms with Crippen molar-refractivity contribution >= 4 is 17.6 Å². The second-order valence-corrected chi connectivity index (χ2v) is 2.49. The first-order valence-electron chi connectivity index (χ1n) is 5.23. The van der Waals surface area contributed by atoms with Crippen LogP contribution in [0, 0.1) is 6.92 Å². The Balaban J connectivity index is 0. The summed E-state index contributed by atoms with van der Waals surface area (Å²) in [5.74, 6) is -0.512. The van der Waals surface area contributed by atoms with Crippen molar-refractivity contribution in [1.82, 2.24) is 9.97 Å². The summed E-state index contributed by atoms with van der Waals surface area (Å²) < 4.78 is 4.46. The molecule has 0 atom stereocenters. The molecule has 0 spiro atoms. The maximum absolute atomic E-state index is 10.9. The van der Waals surface area contributed by atoms with Crippen LogP contribution in [-0.4, -0.2) is 23.0 Å². The number of halogens is 1. The van der Waals surface area contributed by atoms with E-state index in [2.05, 4.69) is 14.7 Å². The van der Waals surface area contributed by atoms with E-state index in [0.717, 1.165) is 0 Å². The summed E-state index contributed by atoms with van der Waals surface area (Å²) in [4.78, 5) is 18.4. The molecule has 16 heavy (non-hydrogen) atoms. The van der Waals surface area contributed by atoms with E-state index >= 15 is 0 Å². The average molecular weight is 247 g/mol. The van der Waals surface area contributed by atoms with Gasteiger partial charge >= 0.3 is 5.97 Å². The second kappa shape index (κ2) is 10.4. The van der Waals surface area contributed by atoms with E-state index in [1.807, 2.05) is 27.7 Å². The molecule has 0 radical (unpaired) electrons. The molecule has 0 aliphatic heterocycles. The summed E-state index contributed by atoms with van der Waals surface area (Å²) >= 11 is 5.52. The predicted molar refractivity (Wildman–Crippen MR) is 65.8 cm³/mol. The lowest BCUT2D eigenvalue weighted by atomic mass is 10.3. The quantitative estimate of drug-likeness (QED) is 0.564. The zero-order valence-corrected chi connectivity index (χ0v) is 11.4. The number of carbonyl (C=O) groups is 1. The van der Waals surface area contributed by atoms with Crippen molar-refractivity contribution in [3.63, 3.8) is 0 Å². The molecule has 0 unspecified atom stereocenters. The van der Waals surface area contributed by atoms with Gasteiger partial charge in [0.2, 0.25) is 5.28 Å². The Morgan fingerprint density at radius 1 is 1.25 bits per heavy atom. The van der Waals surface area contributed by atoms with Gasteiger partial charge in [0.05, 0.1) is 7.11 Å². The number of hydrogen-bond donors (Lipinski definition) is 0. The normalized spacial score (nSPS) is 7.94. The molecule has 92 valence electrons. The van der Waals surface area contributed by atoms with Crippen molar-refractivity contribution in [3.8, 4) is 0 Å². The van der Waals surface area contributed by atoms with E-state index in [1.54, 1.807) is 6.92 Å². The van der Waals surface area contributed by atoms with Gasteiger partial charge in [-0.2, -0.15) is 0 Å². The van der Waals surface area contributed by atoms with Gasteiger partial charge in [0.1, 0.15) is 0 Å². The van der Waals surface area contributed by atoms with Gasteiger partial charge in [-0.1, -0.05) is 27.7 Å². The topological polar surface area (TPSA) is 52.1 Å². The molecule has 0 bridgehead atoms. The minimum Gasteiger partial charge on any atom is -0.464 e. The van der Waals surface area contributed by atoms with E-state index in [-0.39, 0.29) is 11.0 Å².